The zero-order valence-corrected chi connectivity index (χ0v) is 17.5. The Kier molecular flexibility index (Phi) is 6.56. The number of aromatic nitrogens is 2. The second kappa shape index (κ2) is 9.51. The third-order valence-electron chi connectivity index (χ3n) is 5.81. The number of aliphatic hydroxyl groups is 1. The molecule has 1 aromatic carbocycles. The van der Waals surface area contributed by atoms with Gasteiger partial charge in [-0.15, -0.1) is 0 Å². The Balaban J connectivity index is 1.75. The summed E-state index contributed by atoms with van der Waals surface area (Å²) in [4.78, 5) is 14.2. The van der Waals surface area contributed by atoms with E-state index in [0.29, 0.717) is 42.3 Å². The van der Waals surface area contributed by atoms with E-state index in [4.69, 9.17) is 20.1 Å². The van der Waals surface area contributed by atoms with Crippen molar-refractivity contribution in [3.8, 4) is 11.3 Å². The molecule has 0 spiro atoms. The summed E-state index contributed by atoms with van der Waals surface area (Å²) < 4.78 is 5.49. The molecule has 8 heteroatoms. The molecule has 2 saturated heterocycles. The van der Waals surface area contributed by atoms with Gasteiger partial charge in [-0.25, -0.2) is 4.98 Å². The minimum absolute atomic E-state index is 0.0319. The van der Waals surface area contributed by atoms with Crippen molar-refractivity contribution in [1.29, 1.82) is 5.41 Å². The highest BCUT2D eigenvalue weighted by molar-refractivity contribution is 5.93. The number of morpholine rings is 1. The molecule has 0 amide bonds. The molecule has 2 aromatic rings. The smallest absolute Gasteiger partial charge is 0.228 e. The minimum atomic E-state index is -0.0319. The molecule has 0 bridgehead atoms. The molecule has 2 aliphatic heterocycles. The summed E-state index contributed by atoms with van der Waals surface area (Å²) in [5.74, 6) is 1.36. The second-order valence-electron chi connectivity index (χ2n) is 7.96. The maximum absolute atomic E-state index is 9.57. The lowest BCUT2D eigenvalue weighted by Crippen LogP contribution is -2.39. The lowest BCUT2D eigenvalue weighted by Gasteiger charge is -2.31. The van der Waals surface area contributed by atoms with E-state index >= 15 is 0 Å². The summed E-state index contributed by atoms with van der Waals surface area (Å²) in [6.07, 6.45) is 3.42. The molecule has 0 atom stereocenters. The fraction of sp³-hybridized carbons (Fsp3) is 0.500. The van der Waals surface area contributed by atoms with Gasteiger partial charge in [0.1, 0.15) is 5.82 Å². The second-order valence-corrected chi connectivity index (χ2v) is 7.96. The summed E-state index contributed by atoms with van der Waals surface area (Å²) in [5.41, 5.74) is 3.09. The fourth-order valence-electron chi connectivity index (χ4n) is 3.99. The number of likely N-dealkylation sites (tertiary alicyclic amines) is 1. The molecule has 8 nitrogen and oxygen atoms in total. The van der Waals surface area contributed by atoms with E-state index in [9.17, 15) is 5.11 Å². The summed E-state index contributed by atoms with van der Waals surface area (Å²) in [5, 5.41) is 21.3. The van der Waals surface area contributed by atoms with E-state index in [1.54, 1.807) is 0 Å². The molecule has 3 heterocycles. The molecule has 1 aromatic heterocycles. The minimum Gasteiger partial charge on any atom is -0.392 e. The number of anilines is 2. The highest BCUT2D eigenvalue weighted by atomic mass is 16.5. The highest BCUT2D eigenvalue weighted by Gasteiger charge is 2.23. The van der Waals surface area contributed by atoms with E-state index in [-0.39, 0.29) is 6.61 Å². The van der Waals surface area contributed by atoms with Crippen molar-refractivity contribution in [2.45, 2.75) is 25.5 Å². The van der Waals surface area contributed by atoms with Gasteiger partial charge in [-0.2, -0.15) is 4.98 Å². The monoisotopic (exact) mass is 410 g/mol. The molecule has 3 N–H and O–H groups in total. The van der Waals surface area contributed by atoms with E-state index in [1.807, 2.05) is 24.3 Å². The molecular formula is C22H30N6O2. The van der Waals surface area contributed by atoms with Crippen molar-refractivity contribution in [3.05, 3.63) is 35.4 Å². The predicted molar refractivity (Wildman–Crippen MR) is 118 cm³/mol. The first-order valence-corrected chi connectivity index (χ1v) is 10.6. The summed E-state index contributed by atoms with van der Waals surface area (Å²) in [6.45, 7) is 4.86. The molecule has 2 fully saturated rings. The van der Waals surface area contributed by atoms with Gasteiger partial charge in [0.25, 0.3) is 0 Å². The van der Waals surface area contributed by atoms with Gasteiger partial charge in [0.05, 0.1) is 31.1 Å². The van der Waals surface area contributed by atoms with Crippen LogP contribution in [0.2, 0.25) is 0 Å². The summed E-state index contributed by atoms with van der Waals surface area (Å²) in [7, 11) is 2.15. The number of nitrogens with zero attached hydrogens (tertiary/aromatic N) is 4. The number of ether oxygens (including phenoxy) is 1. The zero-order valence-electron chi connectivity index (χ0n) is 17.5. The number of nitrogens with one attached hydrogen (secondary N) is 2. The van der Waals surface area contributed by atoms with Crippen molar-refractivity contribution in [3.63, 3.8) is 0 Å². The van der Waals surface area contributed by atoms with Crippen LogP contribution in [0.1, 0.15) is 24.0 Å². The first-order valence-electron chi connectivity index (χ1n) is 10.6. The van der Waals surface area contributed by atoms with Gasteiger partial charge in [0, 0.05) is 30.9 Å². The Morgan fingerprint density at radius 2 is 1.97 bits per heavy atom. The van der Waals surface area contributed by atoms with Gasteiger partial charge in [0.15, 0.2) is 0 Å². The molecule has 0 radical (unpaired) electrons. The summed E-state index contributed by atoms with van der Waals surface area (Å²) >= 11 is 0. The number of hydrogen-bond donors (Lipinski definition) is 3. The fourth-order valence-corrected chi connectivity index (χ4v) is 3.99. The van der Waals surface area contributed by atoms with Crippen LogP contribution < -0.4 is 10.2 Å². The topological polar surface area (TPSA) is 97.6 Å². The zero-order chi connectivity index (χ0) is 20.9. The van der Waals surface area contributed by atoms with E-state index in [1.165, 1.54) is 6.21 Å². The van der Waals surface area contributed by atoms with Gasteiger partial charge in [-0.05, 0) is 44.6 Å². The van der Waals surface area contributed by atoms with Crippen molar-refractivity contribution in [1.82, 2.24) is 14.9 Å². The van der Waals surface area contributed by atoms with E-state index in [0.717, 1.165) is 50.1 Å². The molecular weight excluding hydrogens is 380 g/mol. The molecule has 160 valence electrons. The number of benzene rings is 1. The average molecular weight is 411 g/mol. The van der Waals surface area contributed by atoms with Crippen molar-refractivity contribution in [2.24, 2.45) is 0 Å². The third kappa shape index (κ3) is 4.61. The maximum atomic E-state index is 9.57. The lowest BCUT2D eigenvalue weighted by molar-refractivity contribution is 0.122. The number of rotatable bonds is 6. The van der Waals surface area contributed by atoms with Crippen molar-refractivity contribution >= 4 is 18.0 Å². The SMILES string of the molecule is CN1CCC(Nc2nc(N3CCOCC3)nc(-c3cccc(CO)c3)c2C=N)CC1. The Labute approximate surface area is 177 Å². The first-order chi connectivity index (χ1) is 14.7. The van der Waals surface area contributed by atoms with Crippen LogP contribution in [-0.2, 0) is 11.3 Å². The maximum Gasteiger partial charge on any atom is 0.228 e. The van der Waals surface area contributed by atoms with Crippen LogP contribution in [0.4, 0.5) is 11.8 Å². The molecule has 2 aliphatic rings. The van der Waals surface area contributed by atoms with Gasteiger partial charge in [-0.1, -0.05) is 18.2 Å². The number of piperidine rings is 1. The van der Waals surface area contributed by atoms with E-state index < -0.39 is 0 Å². The molecule has 0 unspecified atom stereocenters. The van der Waals surface area contributed by atoms with Crippen LogP contribution in [0.15, 0.2) is 24.3 Å². The molecule has 0 saturated carbocycles. The van der Waals surface area contributed by atoms with Gasteiger partial charge >= 0.3 is 0 Å². The average Bonchev–Trinajstić information content (AvgIpc) is 2.80. The Bertz CT molecular complexity index is 876. The Morgan fingerprint density at radius 3 is 2.67 bits per heavy atom. The summed E-state index contributed by atoms with van der Waals surface area (Å²) in [6, 6.07) is 8.02. The molecule has 30 heavy (non-hydrogen) atoms. The number of hydrogen-bond acceptors (Lipinski definition) is 8. The molecule has 4 rings (SSSR count). The van der Waals surface area contributed by atoms with Crippen LogP contribution in [0.3, 0.4) is 0 Å². The quantitative estimate of drug-likeness (QED) is 0.627. The van der Waals surface area contributed by atoms with Gasteiger partial charge in [0.2, 0.25) is 5.95 Å². The van der Waals surface area contributed by atoms with Crippen LogP contribution in [0, 0.1) is 5.41 Å². The van der Waals surface area contributed by atoms with Crippen LogP contribution in [0.5, 0.6) is 0 Å². The lowest BCUT2D eigenvalue weighted by atomic mass is 10.0. The van der Waals surface area contributed by atoms with Crippen molar-refractivity contribution in [2.75, 3.05) is 56.7 Å². The Morgan fingerprint density at radius 1 is 1.20 bits per heavy atom. The van der Waals surface area contributed by atoms with Gasteiger partial charge < -0.3 is 30.4 Å². The van der Waals surface area contributed by atoms with Crippen LogP contribution >= 0.6 is 0 Å². The predicted octanol–water partition coefficient (Wildman–Crippen LogP) is 1.98. The van der Waals surface area contributed by atoms with Crippen molar-refractivity contribution < 1.29 is 9.84 Å². The van der Waals surface area contributed by atoms with E-state index in [2.05, 4.69) is 22.2 Å². The largest absolute Gasteiger partial charge is 0.392 e. The Hall–Kier alpha value is -2.55. The van der Waals surface area contributed by atoms with Gasteiger partial charge in [-0.3, -0.25) is 0 Å². The first kappa shape index (κ1) is 20.7. The third-order valence-corrected chi connectivity index (χ3v) is 5.81. The number of aliphatic hydroxyl groups excluding tert-OH is 1. The normalized spacial score (nSPS) is 18.4. The molecule has 0 aliphatic carbocycles. The highest BCUT2D eigenvalue weighted by Crippen LogP contribution is 2.30. The van der Waals surface area contributed by atoms with Crippen LogP contribution in [0.25, 0.3) is 11.3 Å². The van der Waals surface area contributed by atoms with Crippen LogP contribution in [-0.4, -0.2) is 78.7 Å². The standard InChI is InChI=1S/C22H30N6O2/c1-27-7-5-18(6-8-27)24-21-19(14-23)20(17-4-2-3-16(13-17)15-29)25-22(26-21)28-9-11-30-12-10-28/h2-4,13-14,18,23,29H,5-12,15H2,1H3,(H,24,25,26).